The van der Waals surface area contributed by atoms with Crippen molar-refractivity contribution >= 4 is 40.2 Å². The van der Waals surface area contributed by atoms with Gasteiger partial charge in [-0.1, -0.05) is 30.9 Å². The monoisotopic (exact) mass is 516 g/mol. The maximum atomic E-state index is 14.5. The quantitative estimate of drug-likeness (QED) is 0.318. The van der Waals surface area contributed by atoms with Gasteiger partial charge in [-0.2, -0.15) is 0 Å². The van der Waals surface area contributed by atoms with Crippen molar-refractivity contribution in [3.8, 4) is 5.75 Å². The van der Waals surface area contributed by atoms with Crippen molar-refractivity contribution in [2.75, 3.05) is 11.9 Å². The molecule has 1 fully saturated rings. The fourth-order valence-corrected chi connectivity index (χ4v) is 4.80. The molecule has 0 radical (unpaired) electrons. The zero-order valence-electron chi connectivity index (χ0n) is 20.5. The second-order valence-corrected chi connectivity index (χ2v) is 10.4. The Hall–Kier alpha value is -2.90. The summed E-state index contributed by atoms with van der Waals surface area (Å²) in [5.41, 5.74) is 0.717. The lowest BCUT2D eigenvalue weighted by Crippen LogP contribution is -2.33. The van der Waals surface area contributed by atoms with Crippen LogP contribution in [0.3, 0.4) is 0 Å². The van der Waals surface area contributed by atoms with E-state index in [0.29, 0.717) is 10.9 Å². The minimum Gasteiger partial charge on any atom is -0.479 e. The molecule has 8 heteroatoms. The fourth-order valence-electron chi connectivity index (χ4n) is 4.62. The minimum atomic E-state index is -1.16. The first-order valence-electron chi connectivity index (χ1n) is 12.2. The average Bonchev–Trinajstić information content (AvgIpc) is 3.17. The molecule has 5 nitrogen and oxygen atoms in total. The Kier molecular flexibility index (Phi) is 8.00. The van der Waals surface area contributed by atoms with Crippen molar-refractivity contribution in [2.45, 2.75) is 58.1 Å². The summed E-state index contributed by atoms with van der Waals surface area (Å²) in [7, 11) is 0. The molecule has 192 valence electrons. The van der Waals surface area contributed by atoms with E-state index >= 15 is 0 Å². The first kappa shape index (κ1) is 26.2. The van der Waals surface area contributed by atoms with Gasteiger partial charge in [0.1, 0.15) is 5.60 Å². The lowest BCUT2D eigenvalue weighted by Gasteiger charge is -2.24. The molecule has 0 unspecified atom stereocenters. The zero-order chi connectivity index (χ0) is 25.9. The molecule has 0 spiro atoms. The van der Waals surface area contributed by atoms with Crippen molar-refractivity contribution < 1.29 is 23.4 Å². The molecule has 1 aromatic heterocycles. The zero-order valence-corrected chi connectivity index (χ0v) is 21.2. The Morgan fingerprint density at radius 1 is 1.17 bits per heavy atom. The van der Waals surface area contributed by atoms with Crippen LogP contribution < -0.4 is 10.1 Å². The number of carbonyl (C=O) groups excluding carboxylic acids is 1. The molecule has 0 aliphatic heterocycles. The van der Waals surface area contributed by atoms with E-state index < -0.39 is 35.5 Å². The van der Waals surface area contributed by atoms with Gasteiger partial charge in [-0.25, -0.2) is 8.78 Å². The van der Waals surface area contributed by atoms with E-state index in [0.717, 1.165) is 35.3 Å². The maximum absolute atomic E-state index is 14.5. The second-order valence-electron chi connectivity index (χ2n) is 10.00. The van der Waals surface area contributed by atoms with Gasteiger partial charge in [0.15, 0.2) is 17.4 Å². The first-order chi connectivity index (χ1) is 17.1. The van der Waals surface area contributed by atoms with Crippen LogP contribution >= 0.6 is 11.6 Å². The number of fused-ring (bicyclic) bond motifs is 1. The van der Waals surface area contributed by atoms with Gasteiger partial charge in [0.05, 0.1) is 6.61 Å². The Bertz CT molecular complexity index is 1260. The van der Waals surface area contributed by atoms with E-state index in [1.807, 2.05) is 24.3 Å². The normalized spacial score (nSPS) is 15.1. The number of carbonyl (C=O) groups is 1. The van der Waals surface area contributed by atoms with Gasteiger partial charge in [-0.3, -0.25) is 4.79 Å². The molecule has 3 aromatic rings. The number of benzene rings is 2. The summed E-state index contributed by atoms with van der Waals surface area (Å²) in [5, 5.41) is 13.4. The van der Waals surface area contributed by atoms with Crippen LogP contribution in [0.15, 0.2) is 42.5 Å². The molecule has 4 rings (SSSR count). The largest absolute Gasteiger partial charge is 0.479 e. The van der Waals surface area contributed by atoms with E-state index in [1.165, 1.54) is 52.0 Å². The highest BCUT2D eigenvalue weighted by Gasteiger charge is 2.24. The van der Waals surface area contributed by atoms with Crippen LogP contribution in [0.2, 0.25) is 5.02 Å². The van der Waals surface area contributed by atoms with E-state index in [1.54, 1.807) is 6.08 Å². The SMILES string of the molecule is CC(C)(CO)Oc1c(F)cc(NC(=O)/C=C/c2cc3cc(Cl)ccc3n2CC2CCCCC2)cc1F. The van der Waals surface area contributed by atoms with Crippen molar-refractivity contribution in [3.63, 3.8) is 0 Å². The third kappa shape index (κ3) is 6.26. The number of ether oxygens (including phenoxy) is 1. The Balaban J connectivity index is 1.53. The van der Waals surface area contributed by atoms with E-state index in [-0.39, 0.29) is 5.69 Å². The number of amides is 1. The highest BCUT2D eigenvalue weighted by molar-refractivity contribution is 6.31. The molecule has 2 aromatic carbocycles. The summed E-state index contributed by atoms with van der Waals surface area (Å²) >= 11 is 6.20. The molecule has 1 saturated carbocycles. The smallest absolute Gasteiger partial charge is 0.248 e. The standard InChI is InChI=1S/C28H31ClF2N2O3/c1-28(2,17-34)36-27-23(30)14-21(15-24(27)31)32-26(35)11-9-22-13-19-12-20(29)8-10-25(19)33(22)16-18-6-4-3-5-7-18/h8-15,18,34H,3-7,16-17H2,1-2H3,(H,32,35)/b11-9+. The van der Waals surface area contributed by atoms with Crippen molar-refractivity contribution in [1.82, 2.24) is 4.57 Å². The Morgan fingerprint density at radius 3 is 2.53 bits per heavy atom. The lowest BCUT2D eigenvalue weighted by molar-refractivity contribution is -0.111. The van der Waals surface area contributed by atoms with Crippen LogP contribution in [0.1, 0.15) is 51.6 Å². The van der Waals surface area contributed by atoms with Crippen LogP contribution in [0.4, 0.5) is 14.5 Å². The number of rotatable bonds is 8. The topological polar surface area (TPSA) is 63.5 Å². The molecule has 1 amide bonds. The van der Waals surface area contributed by atoms with Crippen LogP contribution in [0.25, 0.3) is 17.0 Å². The molecular formula is C28H31ClF2N2O3. The van der Waals surface area contributed by atoms with Crippen LogP contribution in [0.5, 0.6) is 5.75 Å². The number of anilines is 1. The summed E-state index contributed by atoms with van der Waals surface area (Å²) in [6.07, 6.45) is 9.17. The van der Waals surface area contributed by atoms with Gasteiger partial charge < -0.3 is 19.7 Å². The summed E-state index contributed by atoms with van der Waals surface area (Å²) in [6.45, 7) is 3.45. The highest BCUT2D eigenvalue weighted by atomic mass is 35.5. The summed E-state index contributed by atoms with van der Waals surface area (Å²) in [4.78, 5) is 12.6. The number of nitrogens with zero attached hydrogens (tertiary/aromatic N) is 1. The molecule has 0 bridgehead atoms. The molecule has 2 N–H and O–H groups in total. The molecular weight excluding hydrogens is 486 g/mol. The molecule has 36 heavy (non-hydrogen) atoms. The summed E-state index contributed by atoms with van der Waals surface area (Å²) in [5.74, 6) is -2.49. The second kappa shape index (κ2) is 11.0. The van der Waals surface area contributed by atoms with E-state index in [9.17, 15) is 18.7 Å². The molecule has 1 aliphatic carbocycles. The van der Waals surface area contributed by atoms with Gasteiger partial charge >= 0.3 is 0 Å². The summed E-state index contributed by atoms with van der Waals surface area (Å²) in [6, 6.07) is 9.71. The number of halogens is 3. The van der Waals surface area contributed by atoms with Crippen molar-refractivity contribution in [3.05, 3.63) is 64.8 Å². The van der Waals surface area contributed by atoms with Crippen molar-refractivity contribution in [1.29, 1.82) is 0 Å². The maximum Gasteiger partial charge on any atom is 0.248 e. The number of hydrogen-bond acceptors (Lipinski definition) is 3. The number of nitrogens with one attached hydrogen (secondary N) is 1. The number of aromatic nitrogens is 1. The Morgan fingerprint density at radius 2 is 1.86 bits per heavy atom. The van der Waals surface area contributed by atoms with E-state index in [2.05, 4.69) is 9.88 Å². The predicted octanol–water partition coefficient (Wildman–Crippen LogP) is 6.95. The Labute approximate surface area is 214 Å². The average molecular weight is 517 g/mol. The van der Waals surface area contributed by atoms with Gasteiger partial charge in [-0.05, 0) is 62.9 Å². The molecule has 0 atom stereocenters. The van der Waals surface area contributed by atoms with Gasteiger partial charge in [0.2, 0.25) is 5.91 Å². The van der Waals surface area contributed by atoms with E-state index in [4.69, 9.17) is 16.3 Å². The highest BCUT2D eigenvalue weighted by Crippen LogP contribution is 2.31. The van der Waals surface area contributed by atoms with Crippen molar-refractivity contribution in [2.24, 2.45) is 5.92 Å². The third-order valence-corrected chi connectivity index (χ3v) is 6.73. The van der Waals surface area contributed by atoms with Crippen LogP contribution in [-0.2, 0) is 11.3 Å². The summed E-state index contributed by atoms with van der Waals surface area (Å²) < 4.78 is 36.4. The van der Waals surface area contributed by atoms with Gasteiger partial charge in [0.25, 0.3) is 0 Å². The predicted molar refractivity (Wildman–Crippen MR) is 139 cm³/mol. The number of aliphatic hydroxyl groups excluding tert-OH is 1. The molecule has 0 saturated heterocycles. The van der Waals surface area contributed by atoms with Crippen LogP contribution in [0, 0.1) is 17.6 Å². The molecule has 1 aliphatic rings. The van der Waals surface area contributed by atoms with Gasteiger partial charge in [-0.15, -0.1) is 0 Å². The number of aliphatic hydroxyl groups is 1. The lowest BCUT2D eigenvalue weighted by atomic mass is 9.89. The fraction of sp³-hybridized carbons (Fsp3) is 0.393. The van der Waals surface area contributed by atoms with Gasteiger partial charge in [0, 0.05) is 52.1 Å². The minimum absolute atomic E-state index is 0.0386. The third-order valence-electron chi connectivity index (χ3n) is 6.49. The van der Waals surface area contributed by atoms with Crippen LogP contribution in [-0.4, -0.2) is 27.8 Å². The first-order valence-corrected chi connectivity index (χ1v) is 12.6. The number of hydrogen-bond donors (Lipinski definition) is 2. The molecule has 1 heterocycles.